The molecule has 0 aliphatic rings. The largest absolute Gasteiger partial charge is 0.392 e. The van der Waals surface area contributed by atoms with Crippen LogP contribution in [0.1, 0.15) is 15.9 Å². The summed E-state index contributed by atoms with van der Waals surface area (Å²) >= 11 is 6.98. The number of para-hydroxylation sites is 1. The van der Waals surface area contributed by atoms with Gasteiger partial charge < -0.3 is 5.73 Å². The third kappa shape index (κ3) is 4.48. The van der Waals surface area contributed by atoms with Gasteiger partial charge in [0.25, 0.3) is 5.69 Å². The van der Waals surface area contributed by atoms with Crippen LogP contribution in [0, 0.1) is 28.0 Å². The first-order chi connectivity index (χ1) is 14.9. The zero-order valence-electron chi connectivity index (χ0n) is 15.7. The van der Waals surface area contributed by atoms with Crippen molar-refractivity contribution in [3.05, 3.63) is 86.2 Å². The number of carbonyl (C=O) groups excluding carboxylic acids is 1. The molecule has 3 aromatic rings. The van der Waals surface area contributed by atoms with E-state index in [9.17, 15) is 20.2 Å². The van der Waals surface area contributed by atoms with Gasteiger partial charge in [-0.1, -0.05) is 47.6 Å². The number of hydrogen-bond donors (Lipinski definition) is 1. The van der Waals surface area contributed by atoms with E-state index < -0.39 is 10.7 Å². The fourth-order valence-corrected chi connectivity index (χ4v) is 3.97. The number of nitrogens with zero attached hydrogens (tertiary/aromatic N) is 4. The van der Waals surface area contributed by atoms with Crippen LogP contribution in [0.5, 0.6) is 0 Å². The summed E-state index contributed by atoms with van der Waals surface area (Å²) < 4.78 is 0. The van der Waals surface area contributed by atoms with Crippen molar-refractivity contribution in [1.82, 2.24) is 4.98 Å². The minimum atomic E-state index is -0.628. The fraction of sp³-hybridized carbons (Fsp3) is 0.0476. The van der Waals surface area contributed by atoms with Crippen LogP contribution < -0.4 is 5.73 Å². The molecule has 1 heterocycles. The molecule has 0 saturated carbocycles. The average Bonchev–Trinajstić information content (AvgIpc) is 2.76. The smallest absolute Gasteiger partial charge is 0.280 e. The van der Waals surface area contributed by atoms with Gasteiger partial charge in [0.1, 0.15) is 16.9 Å². The molecule has 0 bridgehead atoms. The minimum absolute atomic E-state index is 0.00758. The third-order valence-corrected chi connectivity index (χ3v) is 5.45. The highest BCUT2D eigenvalue weighted by atomic mass is 35.5. The van der Waals surface area contributed by atoms with Crippen LogP contribution in [0.2, 0.25) is 5.02 Å². The maximum atomic E-state index is 12.6. The number of benzene rings is 2. The summed E-state index contributed by atoms with van der Waals surface area (Å²) in [7, 11) is 0. The molecule has 1 aromatic heterocycles. The van der Waals surface area contributed by atoms with Gasteiger partial charge in [0.2, 0.25) is 5.69 Å². The molecule has 0 aliphatic heterocycles. The van der Waals surface area contributed by atoms with Crippen LogP contribution in [0.15, 0.2) is 53.6 Å². The van der Waals surface area contributed by atoms with E-state index in [1.165, 1.54) is 24.3 Å². The molecule has 0 atom stereocenters. The Bertz CT molecular complexity index is 1300. The molecule has 0 saturated heterocycles. The number of hydrogen-bond acceptors (Lipinski definition) is 7. The summed E-state index contributed by atoms with van der Waals surface area (Å²) in [5.41, 5.74) is 6.48. The second-order valence-electron chi connectivity index (χ2n) is 6.12. The van der Waals surface area contributed by atoms with Crippen LogP contribution in [0.3, 0.4) is 0 Å². The Balaban J connectivity index is 2.04. The molecule has 0 unspecified atom stereocenters. The molecule has 3 rings (SSSR count). The van der Waals surface area contributed by atoms with Crippen LogP contribution in [-0.2, 0) is 0 Å². The second kappa shape index (κ2) is 9.26. The molecule has 0 fully saturated rings. The number of rotatable bonds is 6. The number of nitrogen functional groups attached to an aromatic ring is 1. The minimum Gasteiger partial charge on any atom is -0.392 e. The van der Waals surface area contributed by atoms with Gasteiger partial charge in [-0.15, -0.1) is 0 Å². The summed E-state index contributed by atoms with van der Waals surface area (Å²) in [4.78, 5) is 30.7. The van der Waals surface area contributed by atoms with Gasteiger partial charge >= 0.3 is 0 Å². The quantitative estimate of drug-likeness (QED) is 0.178. The number of nitro groups is 1. The van der Waals surface area contributed by atoms with Gasteiger partial charge in [-0.05, 0) is 23.8 Å². The van der Waals surface area contributed by atoms with Gasteiger partial charge in [0, 0.05) is 16.7 Å². The Labute approximate surface area is 186 Å². The first kappa shape index (κ1) is 21.8. The van der Waals surface area contributed by atoms with E-state index in [1.807, 2.05) is 6.07 Å². The number of aromatic nitrogens is 1. The zero-order chi connectivity index (χ0) is 22.5. The summed E-state index contributed by atoms with van der Waals surface area (Å²) in [5.74, 6) is -0.803. The normalized spacial score (nSPS) is 10.2. The molecular formula is C21H12ClN5O3S. The van der Waals surface area contributed by atoms with Crippen molar-refractivity contribution in [2.75, 3.05) is 11.5 Å². The maximum absolute atomic E-state index is 12.6. The van der Waals surface area contributed by atoms with E-state index in [2.05, 4.69) is 9.83 Å². The lowest BCUT2D eigenvalue weighted by Gasteiger charge is -2.13. The molecule has 2 aromatic carbocycles. The Morgan fingerprint density at radius 2 is 2.06 bits per heavy atom. The Hall–Kier alpha value is -3.92. The monoisotopic (exact) mass is 449 g/mol. The summed E-state index contributed by atoms with van der Waals surface area (Å²) in [6, 6.07) is 14.3. The molecule has 0 aliphatic carbocycles. The molecule has 0 spiro atoms. The SMILES string of the molecule is [C-]#[N+]c1c(N)nc(SCC(=O)c2ccccc2[N+](=O)[O-])c(C#N)c1-c1cccc(Cl)c1. The molecule has 8 nitrogen and oxygen atoms in total. The van der Waals surface area contributed by atoms with Gasteiger partial charge in [-0.3, -0.25) is 14.9 Å². The lowest BCUT2D eigenvalue weighted by atomic mass is 10.00. The highest BCUT2D eigenvalue weighted by Gasteiger charge is 2.23. The third-order valence-electron chi connectivity index (χ3n) is 4.24. The van der Waals surface area contributed by atoms with Gasteiger partial charge in [0.05, 0.1) is 28.4 Å². The predicted molar refractivity (Wildman–Crippen MR) is 118 cm³/mol. The number of carbonyl (C=O) groups is 1. The topological polar surface area (TPSA) is 127 Å². The second-order valence-corrected chi connectivity index (χ2v) is 7.52. The molecule has 152 valence electrons. The zero-order valence-corrected chi connectivity index (χ0v) is 17.3. The van der Waals surface area contributed by atoms with Crippen LogP contribution in [0.25, 0.3) is 16.0 Å². The van der Waals surface area contributed by atoms with E-state index in [0.717, 1.165) is 11.8 Å². The molecule has 0 radical (unpaired) electrons. The van der Waals surface area contributed by atoms with E-state index in [-0.39, 0.29) is 44.7 Å². The van der Waals surface area contributed by atoms with Gasteiger partial charge in [-0.25, -0.2) is 9.83 Å². The lowest BCUT2D eigenvalue weighted by Crippen LogP contribution is -2.07. The molecule has 10 heteroatoms. The molecule has 31 heavy (non-hydrogen) atoms. The molecule has 0 amide bonds. The van der Waals surface area contributed by atoms with Crippen LogP contribution in [-0.4, -0.2) is 21.4 Å². The number of halogens is 1. The van der Waals surface area contributed by atoms with Crippen molar-refractivity contribution in [1.29, 1.82) is 5.26 Å². The summed E-state index contributed by atoms with van der Waals surface area (Å²) in [6.45, 7) is 7.45. The fourth-order valence-electron chi connectivity index (χ4n) is 2.90. The number of nitrogens with two attached hydrogens (primary N) is 1. The van der Waals surface area contributed by atoms with Crippen molar-refractivity contribution in [2.24, 2.45) is 0 Å². The number of pyridine rings is 1. The highest BCUT2D eigenvalue weighted by molar-refractivity contribution is 8.00. The van der Waals surface area contributed by atoms with E-state index in [1.54, 1.807) is 24.3 Å². The number of anilines is 1. The Morgan fingerprint density at radius 1 is 1.32 bits per heavy atom. The van der Waals surface area contributed by atoms with Crippen molar-refractivity contribution >= 4 is 46.3 Å². The number of nitro benzene ring substituents is 1. The van der Waals surface area contributed by atoms with Gasteiger partial charge in [-0.2, -0.15) is 5.26 Å². The van der Waals surface area contributed by atoms with Crippen molar-refractivity contribution in [2.45, 2.75) is 5.03 Å². The average molecular weight is 450 g/mol. The summed E-state index contributed by atoms with van der Waals surface area (Å²) in [5, 5.41) is 21.5. The molecular weight excluding hydrogens is 438 g/mol. The van der Waals surface area contributed by atoms with Crippen molar-refractivity contribution in [3.63, 3.8) is 0 Å². The first-order valence-electron chi connectivity index (χ1n) is 8.63. The molecule has 2 N–H and O–H groups in total. The van der Waals surface area contributed by atoms with E-state index in [0.29, 0.717) is 10.6 Å². The van der Waals surface area contributed by atoms with Crippen molar-refractivity contribution in [3.8, 4) is 17.2 Å². The number of Topliss-reactive ketones (excluding diaryl/α,β-unsaturated/α-hetero) is 1. The number of thioether (sulfide) groups is 1. The predicted octanol–water partition coefficient (Wildman–Crippen LogP) is 5.29. The summed E-state index contributed by atoms with van der Waals surface area (Å²) in [6.07, 6.45) is 0. The Kier molecular flexibility index (Phi) is 6.51. The highest BCUT2D eigenvalue weighted by Crippen LogP contribution is 2.41. The number of ketones is 1. The number of nitriles is 1. The van der Waals surface area contributed by atoms with E-state index in [4.69, 9.17) is 23.9 Å². The first-order valence-corrected chi connectivity index (χ1v) is 10.00. The lowest BCUT2D eigenvalue weighted by molar-refractivity contribution is -0.385. The van der Waals surface area contributed by atoms with Gasteiger partial charge in [0.15, 0.2) is 5.78 Å². The van der Waals surface area contributed by atoms with E-state index >= 15 is 0 Å². The van der Waals surface area contributed by atoms with Crippen LogP contribution in [0.4, 0.5) is 17.2 Å². The standard InChI is InChI=1S/C21H12ClN5O3S/c1-25-19-18(12-5-4-6-13(22)9-12)15(10-23)21(26-20(19)24)31-11-17(28)14-7-2-3-8-16(14)27(29)30/h2-9H,11H2,(H2,24,26). The maximum Gasteiger partial charge on any atom is 0.280 e. The van der Waals surface area contributed by atoms with Crippen LogP contribution >= 0.6 is 23.4 Å². The Morgan fingerprint density at radius 3 is 2.71 bits per heavy atom. The van der Waals surface area contributed by atoms with Crippen molar-refractivity contribution < 1.29 is 9.72 Å².